The van der Waals surface area contributed by atoms with Gasteiger partial charge in [0.2, 0.25) is 6.29 Å². The molecule has 1 saturated carbocycles. The highest BCUT2D eigenvalue weighted by molar-refractivity contribution is 5.92. The number of hydrogen-bond acceptors (Lipinski definition) is 25. The number of likely N-dealkylation sites (N-methyl/N-ethyl adjacent to an activating group) is 1. The van der Waals surface area contributed by atoms with Gasteiger partial charge in [0, 0.05) is 56.4 Å². The summed E-state index contributed by atoms with van der Waals surface area (Å²) < 4.78 is 92.5. The third kappa shape index (κ3) is 21.3. The Morgan fingerprint density at radius 2 is 1.15 bits per heavy atom. The summed E-state index contributed by atoms with van der Waals surface area (Å²) in [5, 5.41) is 82.3. The number of alkyl halides is 3. The van der Waals surface area contributed by atoms with Crippen LogP contribution in [0, 0.1) is 30.3 Å². The predicted octanol–water partition coefficient (Wildman–Crippen LogP) is 4.88. The van der Waals surface area contributed by atoms with E-state index in [1.807, 2.05) is 0 Å². The number of hydrogen-bond donors (Lipinski definition) is 8. The number of rotatable bonds is 25. The second-order valence-corrected chi connectivity index (χ2v) is 23.7. The Kier molecular flexibility index (Phi) is 25.3. The van der Waals surface area contributed by atoms with Crippen molar-refractivity contribution in [2.75, 3.05) is 26.7 Å². The molecule has 4 aromatic carbocycles. The lowest BCUT2D eigenvalue weighted by Gasteiger charge is -2.50. The molecule has 37 heteroatoms. The number of aliphatic hydroxyl groups is 3. The molecule has 12 atom stereocenters. The van der Waals surface area contributed by atoms with E-state index in [1.165, 1.54) is 86.8 Å². The summed E-state index contributed by atoms with van der Waals surface area (Å²) >= 11 is 0. The minimum absolute atomic E-state index is 0.0620. The zero-order valence-electron chi connectivity index (χ0n) is 52.9. The molecule has 8 N–H and O–H groups in total. The first kappa shape index (κ1) is 75.0. The molecule has 98 heavy (non-hydrogen) atoms. The number of aliphatic hydroxyl groups excluding tert-OH is 2. The number of nitro benzene ring substituents is 3. The molecule has 2 fully saturated rings. The van der Waals surface area contributed by atoms with E-state index in [1.54, 1.807) is 32.2 Å². The molecule has 530 valence electrons. The summed E-state index contributed by atoms with van der Waals surface area (Å²) in [6.45, 7) is 2.25. The second-order valence-electron chi connectivity index (χ2n) is 23.7. The number of alkyl carbamates (subject to hydrolysis) is 3. The molecular weight excluding hydrogens is 1320 g/mol. The largest absolute Gasteiger partial charge is 0.471 e. The molecule has 2 heterocycles. The number of nitrogens with zero attached hydrogens (tertiary/aromatic N) is 4. The fraction of sp³-hybridized carbons (Fsp3) is 0.459. The average molecular weight is 1390 g/mol. The first-order valence-electron chi connectivity index (χ1n) is 29.9. The van der Waals surface area contributed by atoms with Crippen molar-refractivity contribution in [3.8, 4) is 0 Å². The van der Waals surface area contributed by atoms with Crippen LogP contribution in [0.15, 0.2) is 115 Å². The van der Waals surface area contributed by atoms with Crippen LogP contribution in [0.4, 0.5) is 49.4 Å². The van der Waals surface area contributed by atoms with Crippen LogP contribution < -0.4 is 26.6 Å². The van der Waals surface area contributed by atoms with Gasteiger partial charge in [-0.1, -0.05) is 18.2 Å². The fourth-order valence-corrected chi connectivity index (χ4v) is 10.2. The number of ether oxygens (including phenoxy) is 9. The monoisotopic (exact) mass is 1390 g/mol. The lowest BCUT2D eigenvalue weighted by Crippen LogP contribution is -2.70. The SMILES string of the molecule is CN(C(=O)OC(C)(C)C)[C@@H]1[C@@H](O)[C@@H](O[C@@H]2[C@@H](O)[C@H](O[C@H]3OC(CNC(=O)C(F)(F)F)=CC[C@H]3NC(=O)OCc3ccc([N+](=O)[O-])cc3)[C@@H](NC(=O)OCc3ccc([N+](=O)[O-])cc3)C[C@H]2NC(=O)[C@@H](CCNC(=O)OCc2ccc([N+](=O)[O-])cc2)OC(=O)c2ccccc2)OC[C@]1(C)O. The van der Waals surface area contributed by atoms with Gasteiger partial charge in [-0.05, 0) is 112 Å². The number of benzene rings is 4. The number of carbonyl (C=O) groups is 7. The maximum Gasteiger partial charge on any atom is 0.471 e. The fourth-order valence-electron chi connectivity index (χ4n) is 10.2. The summed E-state index contributed by atoms with van der Waals surface area (Å²) in [5.41, 5.74) is -3.26. The smallest absolute Gasteiger partial charge is 0.465 e. The van der Waals surface area contributed by atoms with Crippen LogP contribution in [0.25, 0.3) is 0 Å². The molecule has 6 amide bonds. The van der Waals surface area contributed by atoms with Crippen LogP contribution in [-0.2, 0) is 72.0 Å². The number of amides is 6. The number of esters is 1. The number of nitro groups is 3. The van der Waals surface area contributed by atoms with Gasteiger partial charge in [0.05, 0.1) is 57.7 Å². The molecule has 4 aromatic rings. The second kappa shape index (κ2) is 33.1. The van der Waals surface area contributed by atoms with Crippen LogP contribution in [0.2, 0.25) is 0 Å². The summed E-state index contributed by atoms with van der Waals surface area (Å²) in [4.78, 5) is 128. The summed E-state index contributed by atoms with van der Waals surface area (Å²) in [7, 11) is 1.18. The molecule has 3 aliphatic rings. The maximum absolute atomic E-state index is 15.0. The molecule has 0 radical (unpaired) electrons. The van der Waals surface area contributed by atoms with Crippen molar-refractivity contribution < 1.29 is 119 Å². The highest BCUT2D eigenvalue weighted by atomic mass is 19.4. The van der Waals surface area contributed by atoms with Crippen molar-refractivity contribution in [3.63, 3.8) is 0 Å². The zero-order valence-corrected chi connectivity index (χ0v) is 52.9. The van der Waals surface area contributed by atoms with Gasteiger partial charge in [-0.15, -0.1) is 0 Å². The molecule has 0 unspecified atom stereocenters. The predicted molar refractivity (Wildman–Crippen MR) is 325 cm³/mol. The van der Waals surface area contributed by atoms with E-state index in [9.17, 15) is 92.4 Å². The molecule has 1 saturated heterocycles. The standard InChI is InChI=1S/C61H70F3N9O25/c1-59(2,3)98-58(82)70(5)49-46(75)53(93-32-60(49,4)83)97-47-42(67-50(76)44(95-51(77)36-9-7-6-8-10-36)25-26-65-55(79)90-29-33-11-17-37(18-12-33)71(84)85)27-43(69-57(81)92-31-35-15-21-39(22-16-35)73(88)89)48(45(47)74)96-52-41(24-23-40(94-52)28-66-54(78)61(62,63)64)68-56(80)91-30-34-13-19-38(20-14-34)72(86)87/h6-23,41-49,52-53,74-75,83H,24-32H2,1-5H3,(H,65,79)(H,66,78)(H,67,76)(H,68,80)(H,69,81)/t41-,42-,43+,44-,45-,46-,47+,48-,49-,52-,53-,60+/m1/s1. The van der Waals surface area contributed by atoms with Crippen LogP contribution >= 0.6 is 0 Å². The molecule has 0 bridgehead atoms. The van der Waals surface area contributed by atoms with E-state index in [4.69, 9.17) is 42.6 Å². The minimum atomic E-state index is -5.38. The molecule has 2 aliphatic heterocycles. The van der Waals surface area contributed by atoms with Crippen molar-refractivity contribution in [3.05, 3.63) is 168 Å². The average Bonchev–Trinajstić information content (AvgIpc) is 0.764. The quantitative estimate of drug-likeness (QED) is 0.0190. The van der Waals surface area contributed by atoms with Crippen LogP contribution in [-0.4, -0.2) is 189 Å². The Hall–Kier alpha value is -10.3. The van der Waals surface area contributed by atoms with E-state index in [-0.39, 0.29) is 40.4 Å². The van der Waals surface area contributed by atoms with E-state index in [0.717, 1.165) is 35.2 Å². The lowest BCUT2D eigenvalue weighted by atomic mass is 9.82. The van der Waals surface area contributed by atoms with Crippen molar-refractivity contribution in [1.82, 2.24) is 31.5 Å². The van der Waals surface area contributed by atoms with Gasteiger partial charge < -0.3 is 89.4 Å². The van der Waals surface area contributed by atoms with E-state index in [0.29, 0.717) is 5.56 Å². The zero-order chi connectivity index (χ0) is 71.8. The molecule has 1 aliphatic carbocycles. The summed E-state index contributed by atoms with van der Waals surface area (Å²) in [6.07, 6.45) is -24.9. The van der Waals surface area contributed by atoms with Gasteiger partial charge in [-0.3, -0.25) is 39.9 Å². The molecule has 7 rings (SSSR count). The number of halogens is 3. The minimum Gasteiger partial charge on any atom is -0.465 e. The van der Waals surface area contributed by atoms with E-state index in [2.05, 4.69) is 21.3 Å². The Morgan fingerprint density at radius 1 is 0.673 bits per heavy atom. The van der Waals surface area contributed by atoms with Gasteiger partial charge in [0.25, 0.3) is 23.0 Å². The molecular formula is C61H70F3N9O25. The van der Waals surface area contributed by atoms with Gasteiger partial charge >= 0.3 is 42.4 Å². The van der Waals surface area contributed by atoms with Crippen LogP contribution in [0.1, 0.15) is 74.0 Å². The number of carbonyl (C=O) groups excluding carboxylic acids is 7. The van der Waals surface area contributed by atoms with Crippen LogP contribution in [0.5, 0.6) is 0 Å². The molecule has 0 aromatic heterocycles. The molecule has 34 nitrogen and oxygen atoms in total. The highest BCUT2D eigenvalue weighted by Crippen LogP contribution is 2.36. The highest BCUT2D eigenvalue weighted by Gasteiger charge is 2.55. The van der Waals surface area contributed by atoms with Gasteiger partial charge in [0.1, 0.15) is 61.2 Å². The summed E-state index contributed by atoms with van der Waals surface area (Å²) in [5.74, 6) is -5.09. The maximum atomic E-state index is 15.0. The molecule has 0 spiro atoms. The first-order valence-corrected chi connectivity index (χ1v) is 29.9. The number of non-ortho nitro benzene ring substituents is 3. The Labute approximate surface area is 554 Å². The van der Waals surface area contributed by atoms with Gasteiger partial charge in [-0.25, -0.2) is 24.0 Å². The Balaban J connectivity index is 1.26. The van der Waals surface area contributed by atoms with Crippen molar-refractivity contribution in [2.45, 2.75) is 151 Å². The van der Waals surface area contributed by atoms with Crippen molar-refractivity contribution in [2.24, 2.45) is 0 Å². The van der Waals surface area contributed by atoms with Crippen molar-refractivity contribution in [1.29, 1.82) is 0 Å². The Bertz CT molecular complexity index is 3530. The Morgan fingerprint density at radius 3 is 1.64 bits per heavy atom. The normalized spacial score (nSPS) is 23.3. The number of nitrogens with one attached hydrogen (secondary N) is 5. The van der Waals surface area contributed by atoms with Crippen LogP contribution in [0.3, 0.4) is 0 Å². The van der Waals surface area contributed by atoms with Crippen molar-refractivity contribution >= 4 is 59.2 Å². The van der Waals surface area contributed by atoms with Gasteiger partial charge in [-0.2, -0.15) is 13.2 Å². The lowest BCUT2D eigenvalue weighted by molar-refractivity contribution is -0.385. The third-order valence-corrected chi connectivity index (χ3v) is 15.0. The van der Waals surface area contributed by atoms with Gasteiger partial charge in [0.15, 0.2) is 12.4 Å². The van der Waals surface area contributed by atoms with E-state index >= 15 is 0 Å². The topological polar surface area (TPSA) is 456 Å². The third-order valence-electron chi connectivity index (χ3n) is 15.0. The summed E-state index contributed by atoms with van der Waals surface area (Å²) in [6, 6.07) is 15.3. The first-order chi connectivity index (χ1) is 46.2. The van der Waals surface area contributed by atoms with E-state index < -0.39 is 200 Å².